The van der Waals surface area contributed by atoms with Crippen LogP contribution in [0, 0.1) is 18.3 Å². The van der Waals surface area contributed by atoms with Crippen LogP contribution in [0.1, 0.15) is 39.0 Å². The van der Waals surface area contributed by atoms with Crippen molar-refractivity contribution in [2.24, 2.45) is 0 Å². The monoisotopic (exact) mass is 350 g/mol. The minimum absolute atomic E-state index is 0.222. The van der Waals surface area contributed by atoms with Gasteiger partial charge in [-0.2, -0.15) is 5.26 Å². The van der Waals surface area contributed by atoms with Crippen LogP contribution in [-0.4, -0.2) is 31.1 Å². The summed E-state index contributed by atoms with van der Waals surface area (Å²) in [7, 11) is 1.30. The topological polar surface area (TPSA) is 62.6 Å². The van der Waals surface area contributed by atoms with E-state index in [0.717, 1.165) is 17.9 Å². The van der Waals surface area contributed by atoms with E-state index in [1.54, 1.807) is 18.2 Å². The summed E-state index contributed by atoms with van der Waals surface area (Å²) in [6.45, 7) is 5.56. The first-order valence-corrected chi connectivity index (χ1v) is 8.67. The van der Waals surface area contributed by atoms with Crippen molar-refractivity contribution >= 4 is 5.97 Å². The first kappa shape index (κ1) is 18.0. The van der Waals surface area contributed by atoms with E-state index in [9.17, 15) is 10.1 Å². The number of hydrogen-bond donors (Lipinski definition) is 0. The molecule has 2 aromatic carbocycles. The minimum Gasteiger partial charge on any atom is -0.489 e. The summed E-state index contributed by atoms with van der Waals surface area (Å²) in [5.41, 5.74) is 3.56. The van der Waals surface area contributed by atoms with Crippen LogP contribution in [0.2, 0.25) is 0 Å². The Bertz CT molecular complexity index is 851. The molecule has 5 heteroatoms. The molecule has 0 aromatic heterocycles. The fourth-order valence-electron chi connectivity index (χ4n) is 3.06. The van der Waals surface area contributed by atoms with Gasteiger partial charge < -0.3 is 9.47 Å². The SMILES string of the molecule is COC(=O)c1cccc(COc2ccc(CN3CCC3)cc2C)c1C#N. The lowest BCUT2D eigenvalue weighted by Gasteiger charge is -2.30. The highest BCUT2D eigenvalue weighted by Crippen LogP contribution is 2.24. The van der Waals surface area contributed by atoms with Crippen molar-refractivity contribution in [3.63, 3.8) is 0 Å². The molecule has 3 rings (SSSR count). The van der Waals surface area contributed by atoms with Crippen molar-refractivity contribution in [1.82, 2.24) is 4.90 Å². The molecule has 0 saturated carbocycles. The van der Waals surface area contributed by atoms with Crippen molar-refractivity contribution in [3.05, 3.63) is 64.2 Å². The van der Waals surface area contributed by atoms with Gasteiger partial charge in [-0.1, -0.05) is 24.3 Å². The van der Waals surface area contributed by atoms with E-state index >= 15 is 0 Å². The van der Waals surface area contributed by atoms with Crippen LogP contribution in [0.15, 0.2) is 36.4 Å². The molecule has 0 spiro atoms. The smallest absolute Gasteiger partial charge is 0.339 e. The number of nitriles is 1. The Kier molecular flexibility index (Phi) is 5.55. The number of rotatable bonds is 6. The van der Waals surface area contributed by atoms with Crippen LogP contribution in [0.4, 0.5) is 0 Å². The van der Waals surface area contributed by atoms with Gasteiger partial charge in [0.05, 0.1) is 18.2 Å². The molecule has 0 bridgehead atoms. The standard InChI is InChI=1S/C21H22N2O3/c1-15-11-16(13-23-9-4-10-23)7-8-20(15)26-14-17-5-3-6-18(19(17)12-22)21(24)25-2/h3,5-8,11H,4,9-10,13-14H2,1-2H3. The highest BCUT2D eigenvalue weighted by atomic mass is 16.5. The number of likely N-dealkylation sites (tertiary alicyclic amines) is 1. The number of ether oxygens (including phenoxy) is 2. The summed E-state index contributed by atoms with van der Waals surface area (Å²) in [6, 6.07) is 13.4. The Balaban J connectivity index is 1.72. The van der Waals surface area contributed by atoms with E-state index in [1.807, 2.05) is 13.0 Å². The lowest BCUT2D eigenvalue weighted by atomic mass is 10.0. The Morgan fingerprint density at radius 3 is 2.69 bits per heavy atom. The molecule has 0 aliphatic carbocycles. The predicted octanol–water partition coefficient (Wildman–Crippen LogP) is 3.44. The number of benzene rings is 2. The van der Waals surface area contributed by atoms with E-state index in [2.05, 4.69) is 23.1 Å². The molecular weight excluding hydrogens is 328 g/mol. The number of hydrogen-bond acceptors (Lipinski definition) is 5. The van der Waals surface area contributed by atoms with Crippen LogP contribution in [0.3, 0.4) is 0 Å². The minimum atomic E-state index is -0.519. The number of carbonyl (C=O) groups excluding carboxylic acids is 1. The van der Waals surface area contributed by atoms with E-state index in [-0.39, 0.29) is 12.2 Å². The number of nitrogens with zero attached hydrogens (tertiary/aromatic N) is 2. The van der Waals surface area contributed by atoms with Crippen molar-refractivity contribution in [3.8, 4) is 11.8 Å². The largest absolute Gasteiger partial charge is 0.489 e. The van der Waals surface area contributed by atoms with Gasteiger partial charge in [0.15, 0.2) is 0 Å². The van der Waals surface area contributed by atoms with E-state index < -0.39 is 5.97 Å². The summed E-state index contributed by atoms with van der Waals surface area (Å²) >= 11 is 0. The Morgan fingerprint density at radius 1 is 1.27 bits per heavy atom. The quantitative estimate of drug-likeness (QED) is 0.747. The first-order chi connectivity index (χ1) is 12.6. The van der Waals surface area contributed by atoms with Crippen LogP contribution in [-0.2, 0) is 17.9 Å². The second kappa shape index (κ2) is 8.03. The van der Waals surface area contributed by atoms with Gasteiger partial charge in [0.25, 0.3) is 0 Å². The fourth-order valence-corrected chi connectivity index (χ4v) is 3.06. The lowest BCUT2D eigenvalue weighted by molar-refractivity contribution is 0.0600. The van der Waals surface area contributed by atoms with Gasteiger partial charge in [-0.15, -0.1) is 0 Å². The van der Waals surface area contributed by atoms with Gasteiger partial charge in [-0.3, -0.25) is 4.90 Å². The molecule has 0 atom stereocenters. The zero-order chi connectivity index (χ0) is 18.5. The normalized spacial score (nSPS) is 13.6. The zero-order valence-corrected chi connectivity index (χ0v) is 15.1. The van der Waals surface area contributed by atoms with Crippen molar-refractivity contribution in [2.75, 3.05) is 20.2 Å². The molecule has 1 aliphatic heterocycles. The maximum atomic E-state index is 11.8. The molecule has 1 heterocycles. The Hall–Kier alpha value is -2.84. The third-order valence-electron chi connectivity index (χ3n) is 4.65. The average molecular weight is 350 g/mol. The highest BCUT2D eigenvalue weighted by molar-refractivity contribution is 5.92. The molecule has 2 aromatic rings. The summed E-state index contributed by atoms with van der Waals surface area (Å²) in [4.78, 5) is 14.2. The maximum Gasteiger partial charge on any atom is 0.339 e. The van der Waals surface area contributed by atoms with Gasteiger partial charge in [-0.05, 0) is 49.7 Å². The van der Waals surface area contributed by atoms with E-state index in [4.69, 9.17) is 9.47 Å². The molecule has 0 amide bonds. The van der Waals surface area contributed by atoms with Crippen molar-refractivity contribution in [1.29, 1.82) is 5.26 Å². The van der Waals surface area contributed by atoms with Crippen LogP contribution >= 0.6 is 0 Å². The third kappa shape index (κ3) is 3.87. The van der Waals surface area contributed by atoms with Gasteiger partial charge in [0.2, 0.25) is 0 Å². The highest BCUT2D eigenvalue weighted by Gasteiger charge is 2.16. The second-order valence-electron chi connectivity index (χ2n) is 6.46. The zero-order valence-electron chi connectivity index (χ0n) is 15.1. The first-order valence-electron chi connectivity index (χ1n) is 8.67. The summed E-state index contributed by atoms with van der Waals surface area (Å²) in [5, 5.41) is 9.43. The molecule has 134 valence electrons. The van der Waals surface area contributed by atoms with Gasteiger partial charge in [-0.25, -0.2) is 4.79 Å². The van der Waals surface area contributed by atoms with Gasteiger partial charge in [0, 0.05) is 12.1 Å². The fraction of sp³-hybridized carbons (Fsp3) is 0.333. The molecule has 0 N–H and O–H groups in total. The van der Waals surface area contributed by atoms with Crippen LogP contribution in [0.5, 0.6) is 5.75 Å². The van der Waals surface area contributed by atoms with Gasteiger partial charge >= 0.3 is 5.97 Å². The third-order valence-corrected chi connectivity index (χ3v) is 4.65. The number of carbonyl (C=O) groups is 1. The van der Waals surface area contributed by atoms with Crippen molar-refractivity contribution in [2.45, 2.75) is 26.5 Å². The summed E-state index contributed by atoms with van der Waals surface area (Å²) in [5.74, 6) is 0.264. The predicted molar refractivity (Wildman–Crippen MR) is 97.9 cm³/mol. The average Bonchev–Trinajstić information content (AvgIpc) is 2.62. The second-order valence-corrected chi connectivity index (χ2v) is 6.46. The van der Waals surface area contributed by atoms with Gasteiger partial charge in [0.1, 0.15) is 18.4 Å². The maximum absolute atomic E-state index is 11.8. The molecule has 5 nitrogen and oxygen atoms in total. The molecule has 26 heavy (non-hydrogen) atoms. The molecule has 1 saturated heterocycles. The summed E-state index contributed by atoms with van der Waals surface area (Å²) in [6.07, 6.45) is 1.28. The molecule has 0 radical (unpaired) electrons. The molecule has 1 fully saturated rings. The van der Waals surface area contributed by atoms with Crippen LogP contribution in [0.25, 0.3) is 0 Å². The number of esters is 1. The molecule has 0 unspecified atom stereocenters. The lowest BCUT2D eigenvalue weighted by Crippen LogP contribution is -2.36. The molecule has 1 aliphatic rings. The number of methoxy groups -OCH3 is 1. The Morgan fingerprint density at radius 2 is 2.08 bits per heavy atom. The Labute approximate surface area is 153 Å². The van der Waals surface area contributed by atoms with E-state index in [1.165, 1.54) is 32.2 Å². The molecular formula is C21H22N2O3. The summed E-state index contributed by atoms with van der Waals surface area (Å²) < 4.78 is 10.7. The number of aryl methyl sites for hydroxylation is 1. The van der Waals surface area contributed by atoms with Crippen molar-refractivity contribution < 1.29 is 14.3 Å². The van der Waals surface area contributed by atoms with Crippen LogP contribution < -0.4 is 4.74 Å². The van der Waals surface area contributed by atoms with E-state index in [0.29, 0.717) is 11.1 Å².